The summed E-state index contributed by atoms with van der Waals surface area (Å²) in [6.07, 6.45) is -3.03. The summed E-state index contributed by atoms with van der Waals surface area (Å²) in [6.45, 7) is 0. The van der Waals surface area contributed by atoms with Crippen LogP contribution in [0.3, 0.4) is 0 Å². The maximum absolute atomic E-state index is 12.8. The fraction of sp³-hybridized carbons (Fsp3) is 0.231. The zero-order chi connectivity index (χ0) is 16.1. The molecule has 0 aliphatic rings. The Morgan fingerprint density at radius 1 is 1.18 bits per heavy atom. The molecule has 0 N–H and O–H groups in total. The molecular weight excluding hydrogens is 299 g/mol. The predicted molar refractivity (Wildman–Crippen MR) is 72.0 cm³/mol. The lowest BCUT2D eigenvalue weighted by Crippen LogP contribution is -2.14. The second-order valence-corrected chi connectivity index (χ2v) is 4.84. The van der Waals surface area contributed by atoms with Crippen LogP contribution < -0.4 is 5.43 Å². The van der Waals surface area contributed by atoms with E-state index >= 15 is 0 Å². The third-order valence-corrected chi connectivity index (χ3v) is 3.38. The number of nitrogens with zero attached hydrogens (tertiary/aromatic N) is 5. The molecule has 3 aromatic rings. The molecule has 0 radical (unpaired) electrons. The first-order valence-electron chi connectivity index (χ1n) is 6.22. The molecule has 114 valence electrons. The Morgan fingerprint density at radius 3 is 2.50 bits per heavy atom. The minimum atomic E-state index is -4.46. The normalized spacial score (nSPS) is 12.0. The van der Waals surface area contributed by atoms with Gasteiger partial charge in [-0.2, -0.15) is 13.2 Å². The zero-order valence-corrected chi connectivity index (χ0v) is 11.6. The lowest BCUT2D eigenvalue weighted by atomic mass is 10.1. The van der Waals surface area contributed by atoms with Gasteiger partial charge < -0.3 is 4.57 Å². The van der Waals surface area contributed by atoms with Crippen molar-refractivity contribution in [2.24, 2.45) is 14.1 Å². The largest absolute Gasteiger partial charge is 0.416 e. The molecule has 2 heterocycles. The molecule has 0 spiro atoms. The van der Waals surface area contributed by atoms with E-state index in [0.717, 1.165) is 12.1 Å². The van der Waals surface area contributed by atoms with Crippen molar-refractivity contribution in [3.8, 4) is 11.4 Å². The van der Waals surface area contributed by atoms with Gasteiger partial charge in [-0.05, 0) is 28.6 Å². The Balaban J connectivity index is 2.32. The summed E-state index contributed by atoms with van der Waals surface area (Å²) < 4.78 is 41.1. The van der Waals surface area contributed by atoms with Gasteiger partial charge in [0.1, 0.15) is 0 Å². The van der Waals surface area contributed by atoms with Gasteiger partial charge in [0, 0.05) is 25.7 Å². The number of hydrogen-bond acceptors (Lipinski definition) is 4. The van der Waals surface area contributed by atoms with Crippen molar-refractivity contribution < 1.29 is 13.2 Å². The number of hydrogen-bond donors (Lipinski definition) is 0. The van der Waals surface area contributed by atoms with E-state index in [1.54, 1.807) is 14.1 Å². The molecule has 0 saturated heterocycles. The van der Waals surface area contributed by atoms with Crippen LogP contribution in [0.4, 0.5) is 13.2 Å². The van der Waals surface area contributed by atoms with Gasteiger partial charge in [0.05, 0.1) is 16.6 Å². The molecule has 0 amide bonds. The average Bonchev–Trinajstić information content (AvgIpc) is 2.87. The number of halogens is 3. The summed E-state index contributed by atoms with van der Waals surface area (Å²) in [5.74, 6) is 0.252. The fourth-order valence-electron chi connectivity index (χ4n) is 2.28. The molecule has 0 aliphatic heterocycles. The molecule has 6 nitrogen and oxygen atoms in total. The first kappa shape index (κ1) is 14.2. The van der Waals surface area contributed by atoms with E-state index in [1.165, 1.54) is 21.5 Å². The molecule has 0 bridgehead atoms. The Hall–Kier alpha value is -2.71. The van der Waals surface area contributed by atoms with Crippen LogP contribution in [-0.4, -0.2) is 24.8 Å². The van der Waals surface area contributed by atoms with E-state index in [0.29, 0.717) is 0 Å². The van der Waals surface area contributed by atoms with Crippen molar-refractivity contribution in [1.29, 1.82) is 0 Å². The topological polar surface area (TPSA) is 65.6 Å². The monoisotopic (exact) mass is 309 g/mol. The smallest absolute Gasteiger partial charge is 0.350 e. The number of rotatable bonds is 1. The van der Waals surface area contributed by atoms with Gasteiger partial charge >= 0.3 is 6.18 Å². The van der Waals surface area contributed by atoms with E-state index in [-0.39, 0.29) is 22.3 Å². The van der Waals surface area contributed by atoms with E-state index in [1.807, 2.05) is 0 Å². The van der Waals surface area contributed by atoms with Crippen molar-refractivity contribution in [2.45, 2.75) is 6.18 Å². The van der Waals surface area contributed by atoms with Gasteiger partial charge in [0.25, 0.3) is 0 Å². The van der Waals surface area contributed by atoms with Crippen molar-refractivity contribution in [1.82, 2.24) is 24.8 Å². The van der Waals surface area contributed by atoms with Crippen LogP contribution in [0.15, 0.2) is 29.2 Å². The maximum Gasteiger partial charge on any atom is 0.416 e. The summed E-state index contributed by atoms with van der Waals surface area (Å²) in [6, 6.07) is 3.02. The quantitative estimate of drug-likeness (QED) is 0.687. The third kappa shape index (κ3) is 2.14. The molecule has 2 aromatic heterocycles. The van der Waals surface area contributed by atoms with Crippen LogP contribution in [0.5, 0.6) is 0 Å². The Labute approximate surface area is 121 Å². The second kappa shape index (κ2) is 4.65. The fourth-order valence-corrected chi connectivity index (χ4v) is 2.28. The van der Waals surface area contributed by atoms with Gasteiger partial charge in [-0.25, -0.2) is 4.68 Å². The summed E-state index contributed by atoms with van der Waals surface area (Å²) in [5.41, 5.74) is -0.802. The van der Waals surface area contributed by atoms with E-state index in [4.69, 9.17) is 0 Å². The summed E-state index contributed by atoms with van der Waals surface area (Å²) in [7, 11) is 3.14. The highest BCUT2D eigenvalue weighted by molar-refractivity contribution is 5.83. The van der Waals surface area contributed by atoms with E-state index in [9.17, 15) is 18.0 Å². The van der Waals surface area contributed by atoms with Crippen molar-refractivity contribution in [3.63, 3.8) is 0 Å². The van der Waals surface area contributed by atoms with Crippen LogP contribution in [0.1, 0.15) is 5.56 Å². The Bertz CT molecular complexity index is 926. The van der Waals surface area contributed by atoms with Crippen LogP contribution in [0.25, 0.3) is 22.3 Å². The molecular formula is C13H10F3N5O. The molecule has 3 rings (SSSR count). The molecule has 0 saturated carbocycles. The molecule has 0 unspecified atom stereocenters. The molecule has 0 fully saturated rings. The average molecular weight is 309 g/mol. The number of benzene rings is 1. The lowest BCUT2D eigenvalue weighted by Gasteiger charge is -2.11. The van der Waals surface area contributed by atoms with Crippen LogP contribution in [0, 0.1) is 0 Å². The summed E-state index contributed by atoms with van der Waals surface area (Å²) in [4.78, 5) is 12.5. The molecule has 0 atom stereocenters. The molecule has 0 aliphatic carbocycles. The number of aromatic nitrogens is 5. The van der Waals surface area contributed by atoms with Gasteiger partial charge in [0.15, 0.2) is 11.3 Å². The Kier molecular flexibility index (Phi) is 3.01. The van der Waals surface area contributed by atoms with Gasteiger partial charge in [-0.1, -0.05) is 0 Å². The van der Waals surface area contributed by atoms with Crippen molar-refractivity contribution >= 4 is 10.9 Å². The minimum absolute atomic E-state index is 0.177. The highest BCUT2D eigenvalue weighted by Crippen LogP contribution is 2.31. The first-order chi connectivity index (χ1) is 10.3. The van der Waals surface area contributed by atoms with Gasteiger partial charge in [0.2, 0.25) is 0 Å². The Morgan fingerprint density at radius 2 is 1.91 bits per heavy atom. The van der Waals surface area contributed by atoms with Crippen LogP contribution in [0.2, 0.25) is 0 Å². The second-order valence-electron chi connectivity index (χ2n) is 4.84. The maximum atomic E-state index is 12.8. The van der Waals surface area contributed by atoms with Gasteiger partial charge in [-0.3, -0.25) is 4.79 Å². The number of alkyl halides is 3. The summed E-state index contributed by atoms with van der Waals surface area (Å²) >= 11 is 0. The lowest BCUT2D eigenvalue weighted by molar-refractivity contribution is -0.137. The highest BCUT2D eigenvalue weighted by Gasteiger charge is 2.31. The van der Waals surface area contributed by atoms with E-state index < -0.39 is 17.2 Å². The standard InChI is InChI=1S/C13H10F3N5O/c1-20-6-9(12-17-18-19-21(12)2)11(22)8-4-3-7(5-10(8)20)13(14,15)16/h3-6H,1-2H3. The van der Waals surface area contributed by atoms with Crippen LogP contribution in [-0.2, 0) is 20.3 Å². The minimum Gasteiger partial charge on any atom is -0.350 e. The highest BCUT2D eigenvalue weighted by atomic mass is 19.4. The first-order valence-corrected chi connectivity index (χ1v) is 6.22. The van der Waals surface area contributed by atoms with Crippen molar-refractivity contribution in [2.75, 3.05) is 0 Å². The third-order valence-electron chi connectivity index (χ3n) is 3.38. The number of fused-ring (bicyclic) bond motifs is 1. The predicted octanol–water partition coefficient (Wildman–Crippen LogP) is 1.75. The molecule has 9 heteroatoms. The molecule has 1 aromatic carbocycles. The number of tetrazole rings is 1. The van der Waals surface area contributed by atoms with Gasteiger partial charge in [-0.15, -0.1) is 5.10 Å². The van der Waals surface area contributed by atoms with E-state index in [2.05, 4.69) is 15.5 Å². The van der Waals surface area contributed by atoms with Crippen LogP contribution >= 0.6 is 0 Å². The number of pyridine rings is 1. The SMILES string of the molecule is Cn1nnnc1-c1cn(C)c2cc(C(F)(F)F)ccc2c1=O. The summed E-state index contributed by atoms with van der Waals surface area (Å²) in [5, 5.41) is 11.0. The van der Waals surface area contributed by atoms with Crippen molar-refractivity contribution in [3.05, 3.63) is 40.2 Å². The molecule has 22 heavy (non-hydrogen) atoms. The zero-order valence-electron chi connectivity index (χ0n) is 11.6. The number of aryl methyl sites for hydroxylation is 2.